The van der Waals surface area contributed by atoms with Gasteiger partial charge in [-0.05, 0) is 30.3 Å². The highest BCUT2D eigenvalue weighted by Crippen LogP contribution is 2.41. The molecular formula is C21H14ClF5N4O2. The van der Waals surface area contributed by atoms with Crippen LogP contribution in [0.5, 0.6) is 0 Å². The van der Waals surface area contributed by atoms with Crippen molar-refractivity contribution in [3.05, 3.63) is 71.1 Å². The molecule has 0 spiro atoms. The summed E-state index contributed by atoms with van der Waals surface area (Å²) < 4.78 is 74.8. The number of aliphatic imine (C=N–C) groups is 1. The van der Waals surface area contributed by atoms with Crippen molar-refractivity contribution >= 4 is 40.2 Å². The first kappa shape index (κ1) is 23.9. The van der Waals surface area contributed by atoms with Crippen LogP contribution in [-0.2, 0) is 4.79 Å². The maximum atomic E-state index is 14.5. The molecule has 0 aliphatic heterocycles. The number of nitrogens with two attached hydrogens (primary N) is 1. The topological polar surface area (TPSA) is 93.5 Å². The number of amides is 1. The zero-order chi connectivity index (χ0) is 24.3. The van der Waals surface area contributed by atoms with E-state index in [1.807, 2.05) is 0 Å². The number of rotatable bonds is 5. The van der Waals surface area contributed by atoms with Crippen LogP contribution in [0.3, 0.4) is 0 Å². The summed E-state index contributed by atoms with van der Waals surface area (Å²) in [6.45, 7) is 1.07. The van der Waals surface area contributed by atoms with E-state index in [0.29, 0.717) is 6.20 Å². The van der Waals surface area contributed by atoms with E-state index in [0.717, 1.165) is 31.2 Å². The van der Waals surface area contributed by atoms with Gasteiger partial charge in [-0.1, -0.05) is 28.9 Å². The van der Waals surface area contributed by atoms with E-state index in [2.05, 4.69) is 15.5 Å². The van der Waals surface area contributed by atoms with Crippen LogP contribution >= 0.6 is 11.6 Å². The van der Waals surface area contributed by atoms with Gasteiger partial charge in [0.25, 0.3) is 0 Å². The number of aromatic nitrogens is 1. The van der Waals surface area contributed by atoms with Gasteiger partial charge in [0.15, 0.2) is 11.5 Å². The fraction of sp³-hybridized carbons (Fsp3) is 0.0952. The number of anilines is 1. The lowest BCUT2D eigenvalue weighted by atomic mass is 10.0. The molecule has 12 heteroatoms. The Morgan fingerprint density at radius 2 is 1.91 bits per heavy atom. The maximum absolute atomic E-state index is 14.5. The average Bonchev–Trinajstić information content (AvgIpc) is 3.09. The summed E-state index contributed by atoms with van der Waals surface area (Å²) in [6, 6.07) is 7.78. The molecule has 0 saturated heterocycles. The van der Waals surface area contributed by atoms with E-state index in [1.165, 1.54) is 18.2 Å². The molecule has 3 aromatic rings. The van der Waals surface area contributed by atoms with Crippen LogP contribution < -0.4 is 11.1 Å². The molecule has 0 fully saturated rings. The van der Waals surface area contributed by atoms with Crippen molar-refractivity contribution in [3.63, 3.8) is 0 Å². The van der Waals surface area contributed by atoms with Crippen LogP contribution in [0.1, 0.15) is 12.7 Å². The fourth-order valence-corrected chi connectivity index (χ4v) is 3.13. The van der Waals surface area contributed by atoms with Gasteiger partial charge in [0.2, 0.25) is 5.91 Å². The number of carbonyl (C=O) groups is 1. The lowest BCUT2D eigenvalue weighted by molar-refractivity contribution is -0.114. The Labute approximate surface area is 188 Å². The highest BCUT2D eigenvalue weighted by atomic mass is 35.5. The van der Waals surface area contributed by atoms with Crippen LogP contribution in [0, 0.1) is 11.6 Å². The first-order valence-corrected chi connectivity index (χ1v) is 9.46. The number of alkyl halides is 3. The molecule has 6 nitrogen and oxygen atoms in total. The zero-order valence-electron chi connectivity index (χ0n) is 16.7. The number of nitrogens with zero attached hydrogens (tertiary/aromatic N) is 2. The highest BCUT2D eigenvalue weighted by Gasteiger charge is 2.41. The molecule has 0 radical (unpaired) electrons. The standard InChI is InChI=1S/C21H14ClF5N4O2/c1-10(32)29-18-17(16-14(22)6-3-7-15(16)24)31-33-19(18)13(9-28)20(21(25,26)27)30-12-5-2-4-11(23)8-12/h2-9H,28H2,1H3,(H,29,32). The van der Waals surface area contributed by atoms with E-state index >= 15 is 0 Å². The summed E-state index contributed by atoms with van der Waals surface area (Å²) in [5.74, 6) is -3.06. The Morgan fingerprint density at radius 1 is 1.21 bits per heavy atom. The van der Waals surface area contributed by atoms with E-state index in [1.54, 1.807) is 0 Å². The molecule has 2 aromatic carbocycles. The summed E-state index contributed by atoms with van der Waals surface area (Å²) in [5.41, 5.74) is 1.62. The summed E-state index contributed by atoms with van der Waals surface area (Å²) in [6.07, 6.45) is -4.56. The molecule has 0 atom stereocenters. The number of halogens is 6. The third-order valence-corrected chi connectivity index (χ3v) is 4.49. The van der Waals surface area contributed by atoms with E-state index in [-0.39, 0.29) is 22.0 Å². The molecule has 0 saturated carbocycles. The first-order valence-electron chi connectivity index (χ1n) is 9.08. The molecule has 1 heterocycles. The second kappa shape index (κ2) is 9.41. The summed E-state index contributed by atoms with van der Waals surface area (Å²) >= 11 is 6.04. The van der Waals surface area contributed by atoms with E-state index in [4.69, 9.17) is 21.9 Å². The predicted molar refractivity (Wildman–Crippen MR) is 113 cm³/mol. The Hall–Kier alpha value is -3.73. The number of carbonyl (C=O) groups excluding carboxylic acids is 1. The molecule has 0 aliphatic carbocycles. The Balaban J connectivity index is 2.26. The van der Waals surface area contributed by atoms with Crippen molar-refractivity contribution in [1.29, 1.82) is 0 Å². The van der Waals surface area contributed by atoms with Crippen LogP contribution in [0.15, 0.2) is 58.2 Å². The summed E-state index contributed by atoms with van der Waals surface area (Å²) in [4.78, 5) is 15.2. The quantitative estimate of drug-likeness (QED) is 0.350. The minimum absolute atomic E-state index is 0.135. The molecular weight excluding hydrogens is 471 g/mol. The van der Waals surface area contributed by atoms with Gasteiger partial charge in [-0.25, -0.2) is 13.8 Å². The largest absolute Gasteiger partial charge is 0.434 e. The minimum Gasteiger partial charge on any atom is -0.404 e. The summed E-state index contributed by atoms with van der Waals surface area (Å²) in [5, 5.41) is 5.76. The highest BCUT2D eigenvalue weighted by molar-refractivity contribution is 6.33. The lowest BCUT2D eigenvalue weighted by Crippen LogP contribution is -2.25. The molecule has 1 amide bonds. The van der Waals surface area contributed by atoms with Crippen molar-refractivity contribution in [3.8, 4) is 11.3 Å². The third kappa shape index (κ3) is 5.20. The first-order chi connectivity index (χ1) is 15.5. The van der Waals surface area contributed by atoms with E-state index < -0.39 is 46.5 Å². The van der Waals surface area contributed by atoms with Crippen molar-refractivity contribution < 1.29 is 31.3 Å². The van der Waals surface area contributed by atoms with Crippen LogP contribution in [0.2, 0.25) is 5.02 Å². The molecule has 0 bridgehead atoms. The van der Waals surface area contributed by atoms with Crippen LogP contribution in [-0.4, -0.2) is 23.0 Å². The molecule has 3 N–H and O–H groups in total. The Kier molecular flexibility index (Phi) is 6.82. The summed E-state index contributed by atoms with van der Waals surface area (Å²) in [7, 11) is 0. The van der Waals surface area contributed by atoms with Gasteiger partial charge in [-0.2, -0.15) is 13.2 Å². The van der Waals surface area contributed by atoms with Crippen LogP contribution in [0.25, 0.3) is 16.8 Å². The van der Waals surface area contributed by atoms with Crippen molar-refractivity contribution in [1.82, 2.24) is 5.16 Å². The molecule has 172 valence electrons. The second-order valence-electron chi connectivity index (χ2n) is 6.53. The van der Waals surface area contributed by atoms with E-state index in [9.17, 15) is 26.7 Å². The van der Waals surface area contributed by atoms with Gasteiger partial charge < -0.3 is 15.6 Å². The number of allylic oxidation sites excluding steroid dienone is 1. The smallest absolute Gasteiger partial charge is 0.404 e. The van der Waals surface area contributed by atoms with Gasteiger partial charge in [0, 0.05) is 13.1 Å². The van der Waals surface area contributed by atoms with Gasteiger partial charge in [-0.3, -0.25) is 4.79 Å². The number of benzene rings is 2. The lowest BCUT2D eigenvalue weighted by Gasteiger charge is -2.14. The van der Waals surface area contributed by atoms with Crippen molar-refractivity contribution in [2.45, 2.75) is 13.1 Å². The monoisotopic (exact) mass is 484 g/mol. The SMILES string of the molecule is CC(=O)Nc1c(-c2c(F)cccc2Cl)noc1C(=CN)C(=Nc1cccc(F)c1)C(F)(F)F. The molecule has 0 aliphatic rings. The van der Waals surface area contributed by atoms with Gasteiger partial charge in [0.1, 0.15) is 23.0 Å². The molecule has 3 rings (SSSR count). The maximum Gasteiger partial charge on any atom is 0.434 e. The predicted octanol–water partition coefficient (Wildman–Crippen LogP) is 5.87. The zero-order valence-corrected chi connectivity index (χ0v) is 17.4. The number of nitrogens with one attached hydrogen (secondary N) is 1. The number of hydrogen-bond acceptors (Lipinski definition) is 5. The Morgan fingerprint density at radius 3 is 2.48 bits per heavy atom. The second-order valence-corrected chi connectivity index (χ2v) is 6.94. The Bertz CT molecular complexity index is 1250. The normalized spacial score (nSPS) is 12.7. The number of hydrogen-bond donors (Lipinski definition) is 2. The van der Waals surface area contributed by atoms with Gasteiger partial charge in [-0.15, -0.1) is 0 Å². The van der Waals surface area contributed by atoms with Crippen molar-refractivity contribution in [2.75, 3.05) is 5.32 Å². The fourth-order valence-electron chi connectivity index (χ4n) is 2.87. The van der Waals surface area contributed by atoms with Crippen molar-refractivity contribution in [2.24, 2.45) is 10.7 Å². The molecule has 33 heavy (non-hydrogen) atoms. The molecule has 0 unspecified atom stereocenters. The van der Waals surface area contributed by atoms with Crippen LogP contribution in [0.4, 0.5) is 33.3 Å². The third-order valence-electron chi connectivity index (χ3n) is 4.18. The minimum atomic E-state index is -5.09. The van der Waals surface area contributed by atoms with Gasteiger partial charge >= 0.3 is 6.18 Å². The molecule has 1 aromatic heterocycles. The average molecular weight is 485 g/mol. The van der Waals surface area contributed by atoms with Gasteiger partial charge in [0.05, 0.1) is 21.8 Å².